The molecule has 0 radical (unpaired) electrons. The zero-order chi connectivity index (χ0) is 10.1. The zero-order valence-corrected chi connectivity index (χ0v) is 9.72. The van der Waals surface area contributed by atoms with Crippen molar-refractivity contribution < 1.29 is 4.42 Å². The standard InChI is InChI=1S/C13H13NO.ClH/c1-2-11(10-4-7-14-8-5-10)12-6-9-15-13(12)3-1;/h1-4,6,9,14H,5,7-8H2;1H. The van der Waals surface area contributed by atoms with Gasteiger partial charge in [0.05, 0.1) is 6.26 Å². The van der Waals surface area contributed by atoms with Gasteiger partial charge >= 0.3 is 0 Å². The number of hydrogen-bond acceptors (Lipinski definition) is 2. The molecule has 0 bridgehead atoms. The van der Waals surface area contributed by atoms with Gasteiger partial charge < -0.3 is 9.73 Å². The van der Waals surface area contributed by atoms with E-state index in [1.807, 2.05) is 12.1 Å². The highest BCUT2D eigenvalue weighted by atomic mass is 35.5. The molecule has 1 aliphatic heterocycles. The summed E-state index contributed by atoms with van der Waals surface area (Å²) in [5, 5.41) is 4.55. The van der Waals surface area contributed by atoms with E-state index in [-0.39, 0.29) is 12.4 Å². The first-order valence-electron chi connectivity index (χ1n) is 5.31. The van der Waals surface area contributed by atoms with Crippen LogP contribution in [-0.2, 0) is 0 Å². The number of benzene rings is 1. The van der Waals surface area contributed by atoms with E-state index in [1.54, 1.807) is 6.26 Å². The van der Waals surface area contributed by atoms with E-state index in [2.05, 4.69) is 23.5 Å². The maximum Gasteiger partial charge on any atom is 0.134 e. The fourth-order valence-electron chi connectivity index (χ4n) is 2.14. The third kappa shape index (κ3) is 1.86. The minimum Gasteiger partial charge on any atom is -0.464 e. The highest BCUT2D eigenvalue weighted by Gasteiger charge is 2.09. The van der Waals surface area contributed by atoms with Crippen LogP contribution in [0.1, 0.15) is 12.0 Å². The van der Waals surface area contributed by atoms with Gasteiger partial charge in [0.25, 0.3) is 0 Å². The van der Waals surface area contributed by atoms with Crippen molar-refractivity contribution in [2.24, 2.45) is 0 Å². The van der Waals surface area contributed by atoms with Crippen LogP contribution in [-0.4, -0.2) is 13.1 Å². The molecular formula is C13H14ClNO. The van der Waals surface area contributed by atoms with Crippen molar-refractivity contribution >= 4 is 28.9 Å². The molecule has 0 atom stereocenters. The average molecular weight is 236 g/mol. The van der Waals surface area contributed by atoms with Crippen LogP contribution >= 0.6 is 12.4 Å². The van der Waals surface area contributed by atoms with Crippen LogP contribution in [0.3, 0.4) is 0 Å². The lowest BCUT2D eigenvalue weighted by Crippen LogP contribution is -2.20. The number of halogens is 1. The van der Waals surface area contributed by atoms with E-state index in [9.17, 15) is 0 Å². The minimum absolute atomic E-state index is 0. The lowest BCUT2D eigenvalue weighted by atomic mass is 9.97. The van der Waals surface area contributed by atoms with Crippen molar-refractivity contribution in [2.45, 2.75) is 6.42 Å². The largest absolute Gasteiger partial charge is 0.464 e. The molecule has 1 N–H and O–H groups in total. The minimum atomic E-state index is 0. The highest BCUT2D eigenvalue weighted by molar-refractivity contribution is 5.91. The van der Waals surface area contributed by atoms with Crippen molar-refractivity contribution in [3.05, 3.63) is 42.2 Å². The van der Waals surface area contributed by atoms with Crippen molar-refractivity contribution in [1.82, 2.24) is 5.32 Å². The molecule has 16 heavy (non-hydrogen) atoms. The highest BCUT2D eigenvalue weighted by Crippen LogP contribution is 2.28. The molecule has 0 aliphatic carbocycles. The van der Waals surface area contributed by atoms with Gasteiger partial charge in [-0.05, 0) is 36.2 Å². The van der Waals surface area contributed by atoms with Crippen LogP contribution in [0.25, 0.3) is 16.5 Å². The van der Waals surface area contributed by atoms with E-state index < -0.39 is 0 Å². The van der Waals surface area contributed by atoms with E-state index in [0.717, 1.165) is 25.1 Å². The molecule has 3 heteroatoms. The molecule has 0 saturated heterocycles. The SMILES string of the molecule is C1=C(c2cccc3occc23)CCNC1.Cl. The second-order valence-corrected chi connectivity index (χ2v) is 3.82. The monoisotopic (exact) mass is 235 g/mol. The van der Waals surface area contributed by atoms with Crippen molar-refractivity contribution in [3.63, 3.8) is 0 Å². The van der Waals surface area contributed by atoms with Crippen LogP contribution in [0.4, 0.5) is 0 Å². The lowest BCUT2D eigenvalue weighted by molar-refractivity contribution is 0.616. The molecular weight excluding hydrogens is 222 g/mol. The first kappa shape index (κ1) is 11.2. The Morgan fingerprint density at radius 1 is 1.19 bits per heavy atom. The fraction of sp³-hybridized carbons (Fsp3) is 0.231. The van der Waals surface area contributed by atoms with E-state index in [1.165, 1.54) is 16.5 Å². The van der Waals surface area contributed by atoms with Crippen molar-refractivity contribution in [3.8, 4) is 0 Å². The summed E-state index contributed by atoms with van der Waals surface area (Å²) in [4.78, 5) is 0. The Kier molecular flexibility index (Phi) is 3.32. The molecule has 2 nitrogen and oxygen atoms in total. The van der Waals surface area contributed by atoms with E-state index in [4.69, 9.17) is 4.42 Å². The van der Waals surface area contributed by atoms with Crippen LogP contribution in [0.2, 0.25) is 0 Å². The molecule has 1 aliphatic rings. The number of rotatable bonds is 1. The third-order valence-electron chi connectivity index (χ3n) is 2.91. The summed E-state index contributed by atoms with van der Waals surface area (Å²) in [5.41, 5.74) is 3.73. The Bertz CT molecular complexity index is 515. The van der Waals surface area contributed by atoms with E-state index in [0.29, 0.717) is 0 Å². The predicted molar refractivity (Wildman–Crippen MR) is 68.9 cm³/mol. The number of hydrogen-bond donors (Lipinski definition) is 1. The first-order chi connectivity index (χ1) is 7.45. The molecule has 2 heterocycles. The molecule has 0 amide bonds. The van der Waals surface area contributed by atoms with Gasteiger partial charge in [0, 0.05) is 11.9 Å². The summed E-state index contributed by atoms with van der Waals surface area (Å²) in [7, 11) is 0. The summed E-state index contributed by atoms with van der Waals surface area (Å²) in [5.74, 6) is 0. The summed E-state index contributed by atoms with van der Waals surface area (Å²) in [6, 6.07) is 8.30. The number of fused-ring (bicyclic) bond motifs is 1. The Balaban J connectivity index is 0.000000963. The molecule has 1 aromatic heterocycles. The smallest absolute Gasteiger partial charge is 0.134 e. The van der Waals surface area contributed by atoms with Gasteiger partial charge in [-0.25, -0.2) is 0 Å². The van der Waals surface area contributed by atoms with Gasteiger partial charge in [-0.1, -0.05) is 18.2 Å². The lowest BCUT2D eigenvalue weighted by Gasteiger charge is -2.14. The van der Waals surface area contributed by atoms with Crippen LogP contribution in [0.15, 0.2) is 41.0 Å². The Labute approximate surface area is 101 Å². The topological polar surface area (TPSA) is 25.2 Å². The summed E-state index contributed by atoms with van der Waals surface area (Å²) < 4.78 is 5.41. The van der Waals surface area contributed by atoms with Gasteiger partial charge in [-0.15, -0.1) is 12.4 Å². The predicted octanol–water partition coefficient (Wildman–Crippen LogP) is 3.23. The first-order valence-corrected chi connectivity index (χ1v) is 5.31. The van der Waals surface area contributed by atoms with Crippen LogP contribution in [0, 0.1) is 0 Å². The summed E-state index contributed by atoms with van der Waals surface area (Å²) >= 11 is 0. The van der Waals surface area contributed by atoms with Gasteiger partial charge in [-0.2, -0.15) is 0 Å². The van der Waals surface area contributed by atoms with E-state index >= 15 is 0 Å². The summed E-state index contributed by atoms with van der Waals surface area (Å²) in [6.45, 7) is 2.05. The fourth-order valence-corrected chi connectivity index (χ4v) is 2.14. The molecule has 0 saturated carbocycles. The average Bonchev–Trinajstić information content (AvgIpc) is 2.78. The quantitative estimate of drug-likeness (QED) is 0.821. The molecule has 84 valence electrons. The van der Waals surface area contributed by atoms with Crippen molar-refractivity contribution in [2.75, 3.05) is 13.1 Å². The Hall–Kier alpha value is -1.25. The van der Waals surface area contributed by atoms with Gasteiger partial charge in [0.1, 0.15) is 5.58 Å². The second-order valence-electron chi connectivity index (χ2n) is 3.82. The maximum absolute atomic E-state index is 5.41. The molecule has 0 spiro atoms. The number of nitrogens with one attached hydrogen (secondary N) is 1. The maximum atomic E-state index is 5.41. The summed E-state index contributed by atoms with van der Waals surface area (Å²) in [6.07, 6.45) is 5.13. The second kappa shape index (κ2) is 4.73. The van der Waals surface area contributed by atoms with Gasteiger partial charge in [-0.3, -0.25) is 0 Å². The van der Waals surface area contributed by atoms with Crippen molar-refractivity contribution in [1.29, 1.82) is 0 Å². The van der Waals surface area contributed by atoms with Crippen LogP contribution in [0.5, 0.6) is 0 Å². The zero-order valence-electron chi connectivity index (χ0n) is 8.90. The molecule has 1 aromatic carbocycles. The normalized spacial score (nSPS) is 15.6. The molecule has 2 aromatic rings. The number of furan rings is 1. The van der Waals surface area contributed by atoms with Gasteiger partial charge in [0.15, 0.2) is 0 Å². The van der Waals surface area contributed by atoms with Crippen LogP contribution < -0.4 is 5.32 Å². The third-order valence-corrected chi connectivity index (χ3v) is 2.91. The van der Waals surface area contributed by atoms with Gasteiger partial charge in [0.2, 0.25) is 0 Å². The Morgan fingerprint density at radius 3 is 2.94 bits per heavy atom. The molecule has 0 unspecified atom stereocenters. The molecule has 3 rings (SSSR count). The molecule has 0 fully saturated rings. The Morgan fingerprint density at radius 2 is 2.12 bits per heavy atom.